The zero-order valence-electron chi connectivity index (χ0n) is 15.1. The van der Waals surface area contributed by atoms with Gasteiger partial charge in [-0.05, 0) is 38.1 Å². The third-order valence-corrected chi connectivity index (χ3v) is 5.30. The number of para-hydroxylation sites is 1. The second-order valence-electron chi connectivity index (χ2n) is 5.88. The number of benzene rings is 2. The number of carbonyl (C=O) groups excluding carboxylic acids is 3. The SMILES string of the molecule is CC(=O)c1ccc(S(=O)(=O)N[C@H](C)C(=O)NNC(=O)c2ccccc2O)cc1. The van der Waals surface area contributed by atoms with E-state index in [1.165, 1.54) is 62.4 Å². The molecule has 0 saturated carbocycles. The average Bonchev–Trinajstić information content (AvgIpc) is 2.65. The van der Waals surface area contributed by atoms with Crippen LogP contribution in [-0.4, -0.2) is 37.2 Å². The average molecular weight is 405 g/mol. The minimum absolute atomic E-state index is 0.0541. The molecular formula is C18H19N3O6S. The number of hydrogen-bond donors (Lipinski definition) is 4. The van der Waals surface area contributed by atoms with Gasteiger partial charge in [-0.1, -0.05) is 24.3 Å². The smallest absolute Gasteiger partial charge is 0.273 e. The van der Waals surface area contributed by atoms with Crippen molar-refractivity contribution in [2.24, 2.45) is 0 Å². The van der Waals surface area contributed by atoms with E-state index in [9.17, 15) is 27.9 Å². The van der Waals surface area contributed by atoms with Crippen LogP contribution < -0.4 is 15.6 Å². The molecule has 0 aliphatic carbocycles. The number of amides is 2. The predicted molar refractivity (Wildman–Crippen MR) is 99.9 cm³/mol. The molecule has 10 heteroatoms. The molecule has 0 fully saturated rings. The van der Waals surface area contributed by atoms with Gasteiger partial charge in [0.15, 0.2) is 5.78 Å². The van der Waals surface area contributed by atoms with E-state index in [-0.39, 0.29) is 22.0 Å². The summed E-state index contributed by atoms with van der Waals surface area (Å²) >= 11 is 0. The third-order valence-electron chi connectivity index (χ3n) is 3.74. The first-order chi connectivity index (χ1) is 13.1. The first-order valence-electron chi connectivity index (χ1n) is 8.13. The maximum absolute atomic E-state index is 12.3. The zero-order chi connectivity index (χ0) is 20.9. The summed E-state index contributed by atoms with van der Waals surface area (Å²) in [6.45, 7) is 2.65. The molecule has 2 rings (SSSR count). The minimum atomic E-state index is -4.02. The summed E-state index contributed by atoms with van der Waals surface area (Å²) in [7, 11) is -4.02. The second kappa shape index (κ2) is 8.63. The van der Waals surface area contributed by atoms with E-state index in [4.69, 9.17) is 0 Å². The number of rotatable bonds is 6. The fraction of sp³-hybridized carbons (Fsp3) is 0.167. The van der Waals surface area contributed by atoms with Crippen molar-refractivity contribution < 1.29 is 27.9 Å². The molecule has 1 atom stereocenters. The van der Waals surface area contributed by atoms with Crippen LogP contribution in [0.3, 0.4) is 0 Å². The fourth-order valence-electron chi connectivity index (χ4n) is 2.18. The van der Waals surface area contributed by atoms with Crippen molar-refractivity contribution in [1.82, 2.24) is 15.6 Å². The van der Waals surface area contributed by atoms with Gasteiger partial charge in [-0.15, -0.1) is 0 Å². The minimum Gasteiger partial charge on any atom is -0.507 e. The number of phenols is 1. The number of aromatic hydroxyl groups is 1. The van der Waals surface area contributed by atoms with E-state index in [0.29, 0.717) is 5.56 Å². The Morgan fingerprint density at radius 3 is 2.14 bits per heavy atom. The van der Waals surface area contributed by atoms with Crippen molar-refractivity contribution in [3.05, 3.63) is 59.7 Å². The summed E-state index contributed by atoms with van der Waals surface area (Å²) in [5.41, 5.74) is 4.48. The Morgan fingerprint density at radius 2 is 1.57 bits per heavy atom. The monoisotopic (exact) mass is 405 g/mol. The van der Waals surface area contributed by atoms with Crippen molar-refractivity contribution in [2.45, 2.75) is 24.8 Å². The molecule has 0 unspecified atom stereocenters. The Morgan fingerprint density at radius 1 is 0.964 bits per heavy atom. The maximum atomic E-state index is 12.3. The molecule has 9 nitrogen and oxygen atoms in total. The van der Waals surface area contributed by atoms with E-state index >= 15 is 0 Å². The summed E-state index contributed by atoms with van der Waals surface area (Å²) in [4.78, 5) is 35.1. The van der Waals surface area contributed by atoms with Crippen molar-refractivity contribution in [3.63, 3.8) is 0 Å². The number of ketones is 1. The Hall–Kier alpha value is -3.24. The Labute approximate surface area is 161 Å². The van der Waals surface area contributed by atoms with Gasteiger partial charge >= 0.3 is 0 Å². The fourth-order valence-corrected chi connectivity index (χ4v) is 3.39. The van der Waals surface area contributed by atoms with Crippen LogP contribution in [-0.2, 0) is 14.8 Å². The number of Topliss-reactive ketones (excluding diaryl/α,β-unsaturated/α-hetero) is 1. The highest BCUT2D eigenvalue weighted by Gasteiger charge is 2.23. The van der Waals surface area contributed by atoms with Gasteiger partial charge < -0.3 is 5.11 Å². The van der Waals surface area contributed by atoms with Crippen LogP contribution in [0.15, 0.2) is 53.4 Å². The second-order valence-corrected chi connectivity index (χ2v) is 7.60. The summed E-state index contributed by atoms with van der Waals surface area (Å²) < 4.78 is 26.8. The molecule has 2 aromatic carbocycles. The normalized spacial score (nSPS) is 12.1. The Kier molecular flexibility index (Phi) is 6.49. The number of hydrazine groups is 1. The van der Waals surface area contributed by atoms with Crippen molar-refractivity contribution in [2.75, 3.05) is 0 Å². The quantitative estimate of drug-likeness (QED) is 0.412. The zero-order valence-corrected chi connectivity index (χ0v) is 15.9. The largest absolute Gasteiger partial charge is 0.507 e. The molecular weight excluding hydrogens is 386 g/mol. The summed E-state index contributed by atoms with van der Waals surface area (Å²) in [5, 5.41) is 9.60. The van der Waals surface area contributed by atoms with Crippen LogP contribution in [0.1, 0.15) is 34.6 Å². The highest BCUT2D eigenvalue weighted by Crippen LogP contribution is 2.15. The summed E-state index contributed by atoms with van der Waals surface area (Å²) in [6.07, 6.45) is 0. The van der Waals surface area contributed by atoms with Crippen molar-refractivity contribution in [3.8, 4) is 5.75 Å². The van der Waals surface area contributed by atoms with Gasteiger partial charge in [0.05, 0.1) is 16.5 Å². The lowest BCUT2D eigenvalue weighted by atomic mass is 10.2. The van der Waals surface area contributed by atoms with Gasteiger partial charge in [-0.2, -0.15) is 4.72 Å². The highest BCUT2D eigenvalue weighted by atomic mass is 32.2. The first-order valence-corrected chi connectivity index (χ1v) is 9.61. The van der Waals surface area contributed by atoms with Crippen LogP contribution >= 0.6 is 0 Å². The lowest BCUT2D eigenvalue weighted by molar-refractivity contribution is -0.123. The van der Waals surface area contributed by atoms with Gasteiger partial charge in [0, 0.05) is 5.56 Å². The maximum Gasteiger partial charge on any atom is 0.273 e. The number of sulfonamides is 1. The van der Waals surface area contributed by atoms with Crippen LogP contribution in [0, 0.1) is 0 Å². The van der Waals surface area contributed by atoms with E-state index in [0.717, 1.165) is 0 Å². The molecule has 0 aliphatic rings. The topological polar surface area (TPSA) is 142 Å². The predicted octanol–water partition coefficient (Wildman–Crippen LogP) is 0.723. The molecule has 0 heterocycles. The lowest BCUT2D eigenvalue weighted by Crippen LogP contribution is -2.51. The van der Waals surface area contributed by atoms with Crippen LogP contribution in [0.25, 0.3) is 0 Å². The molecule has 0 bridgehead atoms. The molecule has 0 aromatic heterocycles. The van der Waals surface area contributed by atoms with E-state index in [2.05, 4.69) is 15.6 Å². The van der Waals surface area contributed by atoms with Gasteiger partial charge in [0.1, 0.15) is 5.75 Å². The molecule has 0 radical (unpaired) electrons. The highest BCUT2D eigenvalue weighted by molar-refractivity contribution is 7.89. The van der Waals surface area contributed by atoms with Gasteiger partial charge in [-0.3, -0.25) is 25.2 Å². The van der Waals surface area contributed by atoms with Crippen LogP contribution in [0.2, 0.25) is 0 Å². The molecule has 2 amide bonds. The summed E-state index contributed by atoms with van der Waals surface area (Å²) in [5.74, 6) is -2.05. The number of hydrogen-bond acceptors (Lipinski definition) is 6. The van der Waals surface area contributed by atoms with Gasteiger partial charge in [-0.25, -0.2) is 8.42 Å². The van der Waals surface area contributed by atoms with Crippen molar-refractivity contribution in [1.29, 1.82) is 0 Å². The van der Waals surface area contributed by atoms with E-state index < -0.39 is 27.9 Å². The van der Waals surface area contributed by atoms with Gasteiger partial charge in [0.2, 0.25) is 10.0 Å². The van der Waals surface area contributed by atoms with E-state index in [1.807, 2.05) is 0 Å². The molecule has 148 valence electrons. The molecule has 0 aliphatic heterocycles. The van der Waals surface area contributed by atoms with Crippen molar-refractivity contribution >= 4 is 27.6 Å². The van der Waals surface area contributed by atoms with E-state index in [1.54, 1.807) is 0 Å². The molecule has 4 N–H and O–H groups in total. The molecule has 2 aromatic rings. The number of carbonyl (C=O) groups is 3. The van der Waals surface area contributed by atoms with Crippen LogP contribution in [0.4, 0.5) is 0 Å². The standard InChI is InChI=1S/C18H19N3O6S/c1-11(17(24)19-20-18(25)15-5-3-4-6-16(15)23)21-28(26,27)14-9-7-13(8-10-14)12(2)22/h3-11,21,23H,1-2H3,(H,19,24)(H,20,25)/t11-/m1/s1. The number of phenolic OH excluding ortho intramolecular Hbond substituents is 1. The van der Waals surface area contributed by atoms with Gasteiger partial charge in [0.25, 0.3) is 11.8 Å². The molecule has 28 heavy (non-hydrogen) atoms. The molecule has 0 saturated heterocycles. The Bertz CT molecular complexity index is 1000. The molecule has 0 spiro atoms. The first kappa shape index (κ1) is 21.1. The Balaban J connectivity index is 1.98. The lowest BCUT2D eigenvalue weighted by Gasteiger charge is -2.15. The summed E-state index contributed by atoms with van der Waals surface area (Å²) in [6, 6.07) is 9.77. The van der Waals surface area contributed by atoms with Crippen LogP contribution in [0.5, 0.6) is 5.75 Å². The third kappa shape index (κ3) is 5.15. The number of nitrogens with one attached hydrogen (secondary N) is 3.